The van der Waals surface area contributed by atoms with Gasteiger partial charge in [-0.3, -0.25) is 4.79 Å². The first-order valence-electron chi connectivity index (χ1n) is 5.87. The highest BCUT2D eigenvalue weighted by molar-refractivity contribution is 5.76. The molecule has 0 spiro atoms. The van der Waals surface area contributed by atoms with E-state index in [1.54, 1.807) is 20.1 Å². The number of ether oxygens (including phenoxy) is 2. The lowest BCUT2D eigenvalue weighted by molar-refractivity contribution is -0.122. The van der Waals surface area contributed by atoms with E-state index < -0.39 is 0 Å². The second-order valence-electron chi connectivity index (χ2n) is 4.13. The summed E-state index contributed by atoms with van der Waals surface area (Å²) in [6.07, 6.45) is 0.713. The Balaban J connectivity index is 2.80. The molecule has 0 fully saturated rings. The number of primary amides is 1. The molecule has 1 aromatic carbocycles. The van der Waals surface area contributed by atoms with Crippen LogP contribution < -0.4 is 20.9 Å². The SMILES string of the molecule is COc1ccc(CCN)c(OCC(C)C(N)=O)c1. The highest BCUT2D eigenvalue weighted by atomic mass is 16.5. The van der Waals surface area contributed by atoms with Gasteiger partial charge in [0.25, 0.3) is 0 Å². The van der Waals surface area contributed by atoms with Gasteiger partial charge in [-0.2, -0.15) is 0 Å². The molecule has 1 unspecified atom stereocenters. The monoisotopic (exact) mass is 252 g/mol. The summed E-state index contributed by atoms with van der Waals surface area (Å²) in [5, 5.41) is 0. The van der Waals surface area contributed by atoms with E-state index in [1.165, 1.54) is 0 Å². The van der Waals surface area contributed by atoms with Gasteiger partial charge in [-0.15, -0.1) is 0 Å². The Kier molecular flexibility index (Phi) is 5.45. The fourth-order valence-electron chi connectivity index (χ4n) is 1.46. The molecule has 1 atom stereocenters. The maximum Gasteiger partial charge on any atom is 0.223 e. The van der Waals surface area contributed by atoms with Crippen LogP contribution >= 0.6 is 0 Å². The molecular formula is C13H20N2O3. The first-order chi connectivity index (χ1) is 8.58. The molecule has 1 aromatic rings. The van der Waals surface area contributed by atoms with E-state index in [0.717, 1.165) is 5.56 Å². The van der Waals surface area contributed by atoms with Crippen molar-refractivity contribution in [1.82, 2.24) is 0 Å². The van der Waals surface area contributed by atoms with Crippen molar-refractivity contribution in [2.24, 2.45) is 17.4 Å². The lowest BCUT2D eigenvalue weighted by Crippen LogP contribution is -2.26. The average molecular weight is 252 g/mol. The Morgan fingerprint density at radius 2 is 2.17 bits per heavy atom. The summed E-state index contributed by atoms with van der Waals surface area (Å²) in [5.74, 6) is 0.686. The number of hydrogen-bond acceptors (Lipinski definition) is 4. The molecule has 0 aliphatic rings. The summed E-state index contributed by atoms with van der Waals surface area (Å²) >= 11 is 0. The quantitative estimate of drug-likeness (QED) is 0.747. The van der Waals surface area contributed by atoms with Gasteiger partial charge in [0.05, 0.1) is 19.6 Å². The van der Waals surface area contributed by atoms with E-state index in [1.807, 2.05) is 12.1 Å². The molecule has 0 radical (unpaired) electrons. The fourth-order valence-corrected chi connectivity index (χ4v) is 1.46. The summed E-state index contributed by atoms with van der Waals surface area (Å²) in [6, 6.07) is 5.56. The lowest BCUT2D eigenvalue weighted by atomic mass is 10.1. The summed E-state index contributed by atoms with van der Waals surface area (Å²) in [6.45, 7) is 2.51. The largest absolute Gasteiger partial charge is 0.497 e. The molecule has 0 aliphatic carbocycles. The highest BCUT2D eigenvalue weighted by Crippen LogP contribution is 2.25. The molecule has 0 heterocycles. The van der Waals surface area contributed by atoms with Crippen LogP contribution in [0.3, 0.4) is 0 Å². The van der Waals surface area contributed by atoms with Gasteiger partial charge < -0.3 is 20.9 Å². The third kappa shape index (κ3) is 3.92. The Hall–Kier alpha value is -1.75. The van der Waals surface area contributed by atoms with Gasteiger partial charge in [0, 0.05) is 6.07 Å². The number of amides is 1. The zero-order valence-corrected chi connectivity index (χ0v) is 10.8. The number of methoxy groups -OCH3 is 1. The molecule has 0 saturated heterocycles. The van der Waals surface area contributed by atoms with Gasteiger partial charge in [-0.05, 0) is 24.6 Å². The number of nitrogens with two attached hydrogens (primary N) is 2. The number of benzene rings is 1. The molecule has 0 saturated carbocycles. The van der Waals surface area contributed by atoms with Crippen LogP contribution in [0.4, 0.5) is 0 Å². The van der Waals surface area contributed by atoms with Crippen molar-refractivity contribution in [3.8, 4) is 11.5 Å². The van der Waals surface area contributed by atoms with Crippen LogP contribution in [0, 0.1) is 5.92 Å². The second-order valence-corrected chi connectivity index (χ2v) is 4.13. The van der Waals surface area contributed by atoms with Crippen molar-refractivity contribution in [2.75, 3.05) is 20.3 Å². The molecule has 0 bridgehead atoms. The fraction of sp³-hybridized carbons (Fsp3) is 0.462. The lowest BCUT2D eigenvalue weighted by Gasteiger charge is -2.14. The maximum absolute atomic E-state index is 11.0. The standard InChI is InChI=1S/C13H20N2O3/c1-9(13(15)16)8-18-12-7-11(17-2)4-3-10(12)5-6-14/h3-4,7,9H,5-6,8,14H2,1-2H3,(H2,15,16). The van der Waals surface area contributed by atoms with E-state index in [9.17, 15) is 4.79 Å². The summed E-state index contributed by atoms with van der Waals surface area (Å²) in [7, 11) is 1.59. The van der Waals surface area contributed by atoms with Crippen molar-refractivity contribution in [1.29, 1.82) is 0 Å². The van der Waals surface area contributed by atoms with Crippen LogP contribution in [0.5, 0.6) is 11.5 Å². The van der Waals surface area contributed by atoms with Crippen LogP contribution in [-0.4, -0.2) is 26.2 Å². The summed E-state index contributed by atoms with van der Waals surface area (Å²) in [5.41, 5.74) is 11.7. The van der Waals surface area contributed by atoms with Crippen molar-refractivity contribution >= 4 is 5.91 Å². The molecule has 18 heavy (non-hydrogen) atoms. The van der Waals surface area contributed by atoms with E-state index in [0.29, 0.717) is 24.5 Å². The van der Waals surface area contributed by atoms with Gasteiger partial charge in [0.1, 0.15) is 11.5 Å². The molecule has 100 valence electrons. The van der Waals surface area contributed by atoms with Crippen LogP contribution in [-0.2, 0) is 11.2 Å². The summed E-state index contributed by atoms with van der Waals surface area (Å²) in [4.78, 5) is 11.0. The number of rotatable bonds is 7. The van der Waals surface area contributed by atoms with E-state index >= 15 is 0 Å². The molecule has 5 nitrogen and oxygen atoms in total. The topological polar surface area (TPSA) is 87.6 Å². The maximum atomic E-state index is 11.0. The third-order valence-corrected chi connectivity index (χ3v) is 2.66. The van der Waals surface area contributed by atoms with E-state index in [2.05, 4.69) is 0 Å². The van der Waals surface area contributed by atoms with Gasteiger partial charge in [-0.25, -0.2) is 0 Å². The minimum Gasteiger partial charge on any atom is -0.497 e. The Labute approximate surface area is 107 Å². The van der Waals surface area contributed by atoms with Crippen LogP contribution in [0.15, 0.2) is 18.2 Å². The predicted octanol–water partition coefficient (Wildman–Crippen LogP) is 0.697. The van der Waals surface area contributed by atoms with Gasteiger partial charge in [0.2, 0.25) is 5.91 Å². The molecule has 0 aliphatic heterocycles. The van der Waals surface area contributed by atoms with Crippen LogP contribution in [0.2, 0.25) is 0 Å². The summed E-state index contributed by atoms with van der Waals surface area (Å²) < 4.78 is 10.8. The molecular weight excluding hydrogens is 232 g/mol. The minimum atomic E-state index is -0.377. The second kappa shape index (κ2) is 6.86. The normalized spacial score (nSPS) is 11.9. The molecule has 1 amide bonds. The minimum absolute atomic E-state index is 0.250. The molecule has 4 N–H and O–H groups in total. The average Bonchev–Trinajstić information content (AvgIpc) is 2.37. The molecule has 0 aromatic heterocycles. The van der Waals surface area contributed by atoms with Crippen molar-refractivity contribution in [2.45, 2.75) is 13.3 Å². The van der Waals surface area contributed by atoms with Gasteiger partial charge in [0.15, 0.2) is 0 Å². The first-order valence-corrected chi connectivity index (χ1v) is 5.87. The predicted molar refractivity (Wildman–Crippen MR) is 69.6 cm³/mol. The smallest absolute Gasteiger partial charge is 0.223 e. The van der Waals surface area contributed by atoms with Crippen LogP contribution in [0.1, 0.15) is 12.5 Å². The zero-order valence-electron chi connectivity index (χ0n) is 10.8. The Bertz CT molecular complexity index is 407. The Morgan fingerprint density at radius 3 is 2.72 bits per heavy atom. The number of carbonyl (C=O) groups is 1. The van der Waals surface area contributed by atoms with Crippen molar-refractivity contribution in [3.63, 3.8) is 0 Å². The molecule has 5 heteroatoms. The van der Waals surface area contributed by atoms with Gasteiger partial charge >= 0.3 is 0 Å². The highest BCUT2D eigenvalue weighted by Gasteiger charge is 2.11. The third-order valence-electron chi connectivity index (χ3n) is 2.66. The van der Waals surface area contributed by atoms with Gasteiger partial charge in [-0.1, -0.05) is 13.0 Å². The molecule has 1 rings (SSSR count). The Morgan fingerprint density at radius 1 is 1.44 bits per heavy atom. The van der Waals surface area contributed by atoms with Crippen molar-refractivity contribution < 1.29 is 14.3 Å². The van der Waals surface area contributed by atoms with Crippen molar-refractivity contribution in [3.05, 3.63) is 23.8 Å². The van der Waals surface area contributed by atoms with Crippen LogP contribution in [0.25, 0.3) is 0 Å². The first kappa shape index (κ1) is 14.3. The number of carbonyl (C=O) groups excluding carboxylic acids is 1. The number of hydrogen-bond donors (Lipinski definition) is 2. The zero-order chi connectivity index (χ0) is 13.5. The van der Waals surface area contributed by atoms with E-state index in [-0.39, 0.29) is 18.4 Å². The van der Waals surface area contributed by atoms with E-state index in [4.69, 9.17) is 20.9 Å².